The van der Waals surface area contributed by atoms with Crippen LogP contribution in [0.15, 0.2) is 0 Å². The molecule has 0 radical (unpaired) electrons. The SMILES string of the molecule is O=C([O-])[C@@H](O)[C@H](O)[C@H](O)[C@@H](O)C(=O)[O-].[Zn+2]. The molecular weight excluding hydrogens is 265 g/mol. The van der Waals surface area contributed by atoms with Gasteiger partial charge in [-0.2, -0.15) is 0 Å². The van der Waals surface area contributed by atoms with Crippen LogP contribution in [-0.4, -0.2) is 56.8 Å². The van der Waals surface area contributed by atoms with E-state index in [9.17, 15) is 19.8 Å². The number of hydrogen-bond donors (Lipinski definition) is 4. The third kappa shape index (κ3) is 4.63. The molecule has 15 heavy (non-hydrogen) atoms. The van der Waals surface area contributed by atoms with Crippen LogP contribution < -0.4 is 10.2 Å². The molecule has 0 bridgehead atoms. The van der Waals surface area contributed by atoms with Crippen molar-refractivity contribution in [3.8, 4) is 0 Å². The second kappa shape index (κ2) is 6.81. The molecule has 0 heterocycles. The van der Waals surface area contributed by atoms with Crippen LogP contribution in [0.4, 0.5) is 0 Å². The number of carboxylic acid groups (broad SMARTS) is 2. The van der Waals surface area contributed by atoms with E-state index in [0.717, 1.165) is 0 Å². The maximum Gasteiger partial charge on any atom is 2.00 e. The number of rotatable bonds is 5. The zero-order chi connectivity index (χ0) is 11.5. The largest absolute Gasteiger partial charge is 2.00 e. The zero-order valence-electron chi connectivity index (χ0n) is 7.44. The van der Waals surface area contributed by atoms with E-state index in [1.165, 1.54) is 0 Å². The molecule has 4 N–H and O–H groups in total. The summed E-state index contributed by atoms with van der Waals surface area (Å²) in [6.07, 6.45) is -9.76. The molecule has 0 aliphatic heterocycles. The predicted octanol–water partition coefficient (Wildman–Crippen LogP) is -6.07. The van der Waals surface area contributed by atoms with Gasteiger partial charge in [-0.05, 0) is 0 Å². The van der Waals surface area contributed by atoms with Crippen molar-refractivity contribution >= 4 is 11.9 Å². The van der Waals surface area contributed by atoms with E-state index in [0.29, 0.717) is 0 Å². The number of hydrogen-bond acceptors (Lipinski definition) is 8. The van der Waals surface area contributed by atoms with Crippen LogP contribution in [0.5, 0.6) is 0 Å². The number of aliphatic hydroxyl groups excluding tert-OH is 4. The number of carbonyl (C=O) groups is 2. The summed E-state index contributed by atoms with van der Waals surface area (Å²) in [6, 6.07) is 0. The maximum absolute atomic E-state index is 9.96. The minimum Gasteiger partial charge on any atom is -0.547 e. The van der Waals surface area contributed by atoms with Crippen molar-refractivity contribution < 1.29 is 59.7 Å². The molecule has 0 fully saturated rings. The van der Waals surface area contributed by atoms with Crippen molar-refractivity contribution in [3.63, 3.8) is 0 Å². The Bertz CT molecular complexity index is 207. The zero-order valence-corrected chi connectivity index (χ0v) is 10.4. The quantitative estimate of drug-likeness (QED) is 0.360. The van der Waals surface area contributed by atoms with Crippen molar-refractivity contribution in [2.45, 2.75) is 24.4 Å². The first-order valence-corrected chi connectivity index (χ1v) is 3.43. The molecule has 82 valence electrons. The Labute approximate surface area is 96.5 Å². The van der Waals surface area contributed by atoms with Crippen LogP contribution in [-0.2, 0) is 29.1 Å². The number of aliphatic hydroxyl groups is 4. The van der Waals surface area contributed by atoms with Crippen LogP contribution in [0, 0.1) is 0 Å². The molecule has 0 aliphatic carbocycles. The fraction of sp³-hybridized carbons (Fsp3) is 0.667. The number of carboxylic acids is 2. The smallest absolute Gasteiger partial charge is 0.547 e. The Balaban J connectivity index is 0. The summed E-state index contributed by atoms with van der Waals surface area (Å²) in [5.41, 5.74) is 0. The van der Waals surface area contributed by atoms with Gasteiger partial charge in [-0.1, -0.05) is 0 Å². The summed E-state index contributed by atoms with van der Waals surface area (Å²) < 4.78 is 0. The van der Waals surface area contributed by atoms with Crippen molar-refractivity contribution in [1.29, 1.82) is 0 Å². The fourth-order valence-electron chi connectivity index (χ4n) is 0.652. The Morgan fingerprint density at radius 3 is 1.13 bits per heavy atom. The second-order valence-corrected chi connectivity index (χ2v) is 2.51. The van der Waals surface area contributed by atoms with E-state index in [2.05, 4.69) is 0 Å². The van der Waals surface area contributed by atoms with Crippen molar-refractivity contribution in [3.05, 3.63) is 0 Å². The Kier molecular flexibility index (Phi) is 7.63. The maximum atomic E-state index is 9.96. The minimum absolute atomic E-state index is 0. The first-order valence-electron chi connectivity index (χ1n) is 3.43. The van der Waals surface area contributed by atoms with Gasteiger partial charge in [-0.15, -0.1) is 0 Å². The first-order chi connectivity index (χ1) is 6.29. The summed E-state index contributed by atoms with van der Waals surface area (Å²) in [5, 5.41) is 54.7. The normalized spacial score (nSPS) is 18.1. The standard InChI is InChI=1S/C6H10O8.Zn/c7-1(3(9)5(11)12)2(8)4(10)6(13)14;/h1-4,7-10H,(H,11,12)(H,13,14);/q;+2/p-2/t1-,2+,3+,4-;. The summed E-state index contributed by atoms with van der Waals surface area (Å²) >= 11 is 0. The molecule has 9 heteroatoms. The third-order valence-electron chi connectivity index (χ3n) is 1.48. The molecule has 8 nitrogen and oxygen atoms in total. The van der Waals surface area contributed by atoms with Gasteiger partial charge in [0.1, 0.15) is 24.4 Å². The molecule has 0 aromatic rings. The van der Waals surface area contributed by atoms with E-state index in [-0.39, 0.29) is 19.5 Å². The van der Waals surface area contributed by atoms with E-state index in [4.69, 9.17) is 20.4 Å². The van der Waals surface area contributed by atoms with E-state index in [1.807, 2.05) is 0 Å². The average Bonchev–Trinajstić information content (AvgIpc) is 2.12. The average molecular weight is 274 g/mol. The van der Waals surface area contributed by atoms with Gasteiger partial charge in [0.15, 0.2) is 0 Å². The van der Waals surface area contributed by atoms with Gasteiger partial charge in [0, 0.05) is 0 Å². The summed E-state index contributed by atoms with van der Waals surface area (Å²) in [4.78, 5) is 19.9. The van der Waals surface area contributed by atoms with Gasteiger partial charge in [0.05, 0.1) is 11.9 Å². The van der Waals surface area contributed by atoms with Crippen LogP contribution >= 0.6 is 0 Å². The molecule has 0 aromatic carbocycles. The number of carbonyl (C=O) groups excluding carboxylic acids is 2. The topological polar surface area (TPSA) is 161 Å². The van der Waals surface area contributed by atoms with Gasteiger partial charge in [0.25, 0.3) is 0 Å². The third-order valence-corrected chi connectivity index (χ3v) is 1.48. The Hall–Kier alpha value is -0.597. The number of aliphatic carboxylic acids is 2. The molecule has 4 atom stereocenters. The van der Waals surface area contributed by atoms with Crippen molar-refractivity contribution in [1.82, 2.24) is 0 Å². The summed E-state index contributed by atoms with van der Waals surface area (Å²) in [6.45, 7) is 0. The first kappa shape index (κ1) is 16.8. The van der Waals surface area contributed by atoms with E-state index < -0.39 is 36.4 Å². The van der Waals surface area contributed by atoms with Crippen LogP contribution in [0.25, 0.3) is 0 Å². The fourth-order valence-corrected chi connectivity index (χ4v) is 0.652. The molecule has 0 aromatic heterocycles. The Morgan fingerprint density at radius 1 is 0.800 bits per heavy atom. The molecule has 0 aliphatic rings. The van der Waals surface area contributed by atoms with Gasteiger partial charge in [-0.25, -0.2) is 0 Å². The van der Waals surface area contributed by atoms with Crippen molar-refractivity contribution in [2.24, 2.45) is 0 Å². The minimum atomic E-state index is -2.50. The van der Waals surface area contributed by atoms with Crippen LogP contribution in [0.3, 0.4) is 0 Å². The van der Waals surface area contributed by atoms with E-state index in [1.54, 1.807) is 0 Å². The van der Waals surface area contributed by atoms with Gasteiger partial charge >= 0.3 is 19.5 Å². The van der Waals surface area contributed by atoms with Crippen LogP contribution in [0.1, 0.15) is 0 Å². The molecule has 0 saturated carbocycles. The van der Waals surface area contributed by atoms with E-state index >= 15 is 0 Å². The predicted molar refractivity (Wildman–Crippen MR) is 34.0 cm³/mol. The Morgan fingerprint density at radius 2 is 1.00 bits per heavy atom. The molecule has 0 amide bonds. The summed E-state index contributed by atoms with van der Waals surface area (Å²) in [5.74, 6) is -4.22. The molecular formula is C6H8O8Zn. The molecule has 0 spiro atoms. The van der Waals surface area contributed by atoms with Gasteiger partial charge < -0.3 is 40.2 Å². The van der Waals surface area contributed by atoms with Gasteiger partial charge in [0.2, 0.25) is 0 Å². The summed E-state index contributed by atoms with van der Waals surface area (Å²) in [7, 11) is 0. The molecule has 0 saturated heterocycles. The van der Waals surface area contributed by atoms with Gasteiger partial charge in [-0.3, -0.25) is 0 Å². The van der Waals surface area contributed by atoms with Crippen molar-refractivity contribution in [2.75, 3.05) is 0 Å². The second-order valence-electron chi connectivity index (χ2n) is 2.51. The monoisotopic (exact) mass is 272 g/mol. The van der Waals surface area contributed by atoms with Crippen LogP contribution in [0.2, 0.25) is 0 Å². The molecule has 0 unspecified atom stereocenters. The molecule has 0 rings (SSSR count).